The van der Waals surface area contributed by atoms with Crippen LogP contribution in [0.5, 0.6) is 0 Å². The van der Waals surface area contributed by atoms with Crippen LogP contribution in [-0.4, -0.2) is 28.0 Å². The zero-order valence-corrected chi connectivity index (χ0v) is 7.85. The molecular weight excluding hydrogens is 204 g/mol. The molecule has 72 valence electrons. The van der Waals surface area contributed by atoms with Crippen LogP contribution in [0.2, 0.25) is 0 Å². The van der Waals surface area contributed by atoms with Gasteiger partial charge in [-0.25, -0.2) is 13.4 Å². The lowest BCUT2D eigenvalue weighted by molar-refractivity contribution is 0.601. The molecule has 0 aliphatic rings. The first-order chi connectivity index (χ1) is 6.65. The highest BCUT2D eigenvalue weighted by molar-refractivity contribution is 7.94. The van der Waals surface area contributed by atoms with Gasteiger partial charge in [-0.2, -0.15) is 0 Å². The summed E-state index contributed by atoms with van der Waals surface area (Å²) >= 11 is 0. The Labute approximate surface area is 79.8 Å². The summed E-state index contributed by atoms with van der Waals surface area (Å²) in [6, 6.07) is 0. The van der Waals surface area contributed by atoms with Crippen LogP contribution in [-0.2, 0) is 9.84 Å². The average molecular weight is 210 g/mol. The smallest absolute Gasteiger partial charge is 0.220 e. The minimum Gasteiger partial charge on any atom is -0.285 e. The molecule has 0 unspecified atom stereocenters. The summed E-state index contributed by atoms with van der Waals surface area (Å²) in [6.45, 7) is 3.21. The molecule has 0 aliphatic carbocycles. The molecule has 0 fully saturated rings. The molecule has 0 aromatic carbocycles. The summed E-state index contributed by atoms with van der Waals surface area (Å²) < 4.78 is 24.4. The third-order valence-corrected chi connectivity index (χ3v) is 2.94. The molecule has 0 amide bonds. The van der Waals surface area contributed by atoms with Crippen LogP contribution >= 0.6 is 0 Å². The average Bonchev–Trinajstić information content (AvgIpc) is 2.64. The summed E-state index contributed by atoms with van der Waals surface area (Å²) in [5, 5.41) is 7.95. The lowest BCUT2D eigenvalue weighted by Crippen LogP contribution is -2.02. The van der Waals surface area contributed by atoms with Crippen molar-refractivity contribution in [2.45, 2.75) is 5.03 Å². The van der Waals surface area contributed by atoms with E-state index in [9.17, 15) is 8.42 Å². The van der Waals surface area contributed by atoms with Gasteiger partial charge in [-0.3, -0.25) is 4.40 Å². The van der Waals surface area contributed by atoms with Crippen LogP contribution in [0.15, 0.2) is 35.7 Å². The Balaban J connectivity index is 2.87. The first-order valence-electron chi connectivity index (χ1n) is 3.67. The highest BCUT2D eigenvalue weighted by Gasteiger charge is 2.17. The molecule has 2 aromatic rings. The van der Waals surface area contributed by atoms with E-state index in [-0.39, 0.29) is 10.7 Å². The van der Waals surface area contributed by atoms with Crippen LogP contribution in [0.3, 0.4) is 0 Å². The molecule has 2 aromatic heterocycles. The molecule has 0 spiro atoms. The number of sulfone groups is 1. The monoisotopic (exact) mass is 210 g/mol. The lowest BCUT2D eigenvalue weighted by atomic mass is 10.7. The SMILES string of the molecule is C=CS(=O)(=O)c1nccn2cnnc12. The van der Waals surface area contributed by atoms with Crippen molar-refractivity contribution in [2.24, 2.45) is 0 Å². The Morgan fingerprint density at radius 2 is 2.29 bits per heavy atom. The summed E-state index contributed by atoms with van der Waals surface area (Å²) in [5.41, 5.74) is 0.201. The predicted molar refractivity (Wildman–Crippen MR) is 48.2 cm³/mol. The molecule has 0 saturated carbocycles. The molecule has 14 heavy (non-hydrogen) atoms. The van der Waals surface area contributed by atoms with E-state index >= 15 is 0 Å². The molecule has 0 radical (unpaired) electrons. The van der Waals surface area contributed by atoms with Gasteiger partial charge in [-0.05, 0) is 0 Å². The largest absolute Gasteiger partial charge is 0.285 e. The highest BCUT2D eigenvalue weighted by atomic mass is 32.2. The van der Waals surface area contributed by atoms with Crippen LogP contribution in [0.25, 0.3) is 5.65 Å². The Morgan fingerprint density at radius 1 is 1.50 bits per heavy atom. The van der Waals surface area contributed by atoms with Crippen molar-refractivity contribution >= 4 is 15.5 Å². The molecule has 0 atom stereocenters. The summed E-state index contributed by atoms with van der Waals surface area (Å²) in [7, 11) is -3.57. The normalized spacial score (nSPS) is 11.7. The number of hydrogen-bond acceptors (Lipinski definition) is 5. The van der Waals surface area contributed by atoms with Crippen LogP contribution < -0.4 is 0 Å². The molecule has 7 heteroatoms. The van der Waals surface area contributed by atoms with E-state index in [1.807, 2.05) is 0 Å². The lowest BCUT2D eigenvalue weighted by Gasteiger charge is -1.98. The standard InChI is InChI=1S/C7H6N4O2S/c1-2-14(12,13)7-6-10-9-5-11(6)4-3-8-7/h2-5H,1H2. The fraction of sp³-hybridized carbons (Fsp3) is 0. The third kappa shape index (κ3) is 1.18. The van der Waals surface area contributed by atoms with E-state index < -0.39 is 9.84 Å². The maximum atomic E-state index is 11.5. The minimum atomic E-state index is -3.57. The van der Waals surface area contributed by atoms with Gasteiger partial charge in [0.15, 0.2) is 5.65 Å². The molecule has 6 nitrogen and oxygen atoms in total. The predicted octanol–water partition coefficient (Wildman–Crippen LogP) is 0.0415. The van der Waals surface area contributed by atoms with Gasteiger partial charge in [0.05, 0.1) is 0 Å². The number of hydrogen-bond donors (Lipinski definition) is 0. The Morgan fingerprint density at radius 3 is 3.00 bits per heavy atom. The zero-order chi connectivity index (χ0) is 10.2. The molecule has 0 N–H and O–H groups in total. The van der Waals surface area contributed by atoms with Crippen molar-refractivity contribution < 1.29 is 8.42 Å². The summed E-state index contributed by atoms with van der Waals surface area (Å²) in [6.07, 6.45) is 4.34. The van der Waals surface area contributed by atoms with Gasteiger partial charge in [-0.1, -0.05) is 6.58 Å². The highest BCUT2D eigenvalue weighted by Crippen LogP contribution is 2.12. The number of nitrogens with zero attached hydrogens (tertiary/aromatic N) is 4. The van der Waals surface area contributed by atoms with Crippen LogP contribution in [0.4, 0.5) is 0 Å². The van der Waals surface area contributed by atoms with Crippen molar-refractivity contribution in [3.05, 3.63) is 30.7 Å². The van der Waals surface area contributed by atoms with E-state index in [1.165, 1.54) is 16.9 Å². The molecule has 2 rings (SSSR count). The first kappa shape index (κ1) is 8.82. The van der Waals surface area contributed by atoms with E-state index in [0.717, 1.165) is 5.41 Å². The van der Waals surface area contributed by atoms with Crippen LogP contribution in [0, 0.1) is 0 Å². The fourth-order valence-electron chi connectivity index (χ4n) is 1.01. The molecule has 0 aliphatic heterocycles. The summed E-state index contributed by atoms with van der Waals surface area (Å²) in [4.78, 5) is 3.74. The Hall–Kier alpha value is -1.76. The molecule has 2 heterocycles. The van der Waals surface area contributed by atoms with Gasteiger partial charge in [0.25, 0.3) is 0 Å². The van der Waals surface area contributed by atoms with E-state index in [2.05, 4.69) is 21.8 Å². The quantitative estimate of drug-likeness (QED) is 0.699. The molecule has 0 bridgehead atoms. The van der Waals surface area contributed by atoms with Gasteiger partial charge >= 0.3 is 0 Å². The van der Waals surface area contributed by atoms with E-state index in [0.29, 0.717) is 0 Å². The summed E-state index contributed by atoms with van der Waals surface area (Å²) in [5.74, 6) is 0. The maximum Gasteiger partial charge on any atom is 0.220 e. The second-order valence-corrected chi connectivity index (χ2v) is 4.32. The van der Waals surface area contributed by atoms with Gasteiger partial charge in [0, 0.05) is 17.8 Å². The second-order valence-electron chi connectivity index (χ2n) is 2.51. The second kappa shape index (κ2) is 2.88. The number of fused-ring (bicyclic) bond motifs is 1. The molecular formula is C7H6N4O2S. The fourth-order valence-corrected chi connectivity index (χ4v) is 1.78. The van der Waals surface area contributed by atoms with Crippen LogP contribution in [0.1, 0.15) is 0 Å². The Bertz CT molecular complexity index is 587. The van der Waals surface area contributed by atoms with Crippen molar-refractivity contribution in [1.29, 1.82) is 0 Å². The first-order valence-corrected chi connectivity index (χ1v) is 5.21. The van der Waals surface area contributed by atoms with Gasteiger partial charge < -0.3 is 0 Å². The van der Waals surface area contributed by atoms with Gasteiger partial charge in [0.2, 0.25) is 14.9 Å². The number of aromatic nitrogens is 4. The Kier molecular flexibility index (Phi) is 1.81. The van der Waals surface area contributed by atoms with E-state index in [1.54, 1.807) is 6.20 Å². The van der Waals surface area contributed by atoms with E-state index in [4.69, 9.17) is 0 Å². The topological polar surface area (TPSA) is 77.2 Å². The third-order valence-electron chi connectivity index (χ3n) is 1.67. The van der Waals surface area contributed by atoms with Crippen molar-refractivity contribution in [1.82, 2.24) is 19.6 Å². The zero-order valence-electron chi connectivity index (χ0n) is 7.03. The van der Waals surface area contributed by atoms with Crippen molar-refractivity contribution in [3.8, 4) is 0 Å². The maximum absolute atomic E-state index is 11.5. The van der Waals surface area contributed by atoms with Gasteiger partial charge in [-0.15, -0.1) is 10.2 Å². The van der Waals surface area contributed by atoms with Crippen molar-refractivity contribution in [2.75, 3.05) is 0 Å². The number of rotatable bonds is 2. The molecule has 0 saturated heterocycles. The van der Waals surface area contributed by atoms with Crippen molar-refractivity contribution in [3.63, 3.8) is 0 Å². The minimum absolute atomic E-state index is 0.132. The van der Waals surface area contributed by atoms with Gasteiger partial charge in [0.1, 0.15) is 6.33 Å².